The molecule has 0 spiro atoms. The predicted octanol–water partition coefficient (Wildman–Crippen LogP) is 7.75. The highest BCUT2D eigenvalue weighted by atomic mass is 16.6. The van der Waals surface area contributed by atoms with Gasteiger partial charge < -0.3 is 33.2 Å². The monoisotopic (exact) mass is 612 g/mol. The fraction of sp³-hybridized carbons (Fsp3) is 0.486. The molecule has 0 heterocycles. The van der Waals surface area contributed by atoms with E-state index in [9.17, 15) is 9.59 Å². The Morgan fingerprint density at radius 1 is 0.614 bits per heavy atom. The Morgan fingerprint density at radius 2 is 1.14 bits per heavy atom. The van der Waals surface area contributed by atoms with Gasteiger partial charge in [-0.2, -0.15) is 0 Å². The molecule has 0 radical (unpaired) electrons. The number of rotatable bonds is 18. The maximum absolute atomic E-state index is 12.6. The van der Waals surface area contributed by atoms with Gasteiger partial charge >= 0.3 is 11.9 Å². The summed E-state index contributed by atoms with van der Waals surface area (Å²) in [5.41, 5.74) is 0.652. The number of carbonyl (C=O) groups is 2. The number of hydrogen-bond donors (Lipinski definition) is 0. The van der Waals surface area contributed by atoms with Gasteiger partial charge in [-0.3, -0.25) is 0 Å². The van der Waals surface area contributed by atoms with E-state index in [4.69, 9.17) is 33.2 Å². The molecule has 0 N–H and O–H groups in total. The summed E-state index contributed by atoms with van der Waals surface area (Å²) in [7, 11) is 0. The fourth-order valence-corrected chi connectivity index (χ4v) is 4.49. The van der Waals surface area contributed by atoms with Crippen LogP contribution in [0, 0.1) is 0 Å². The zero-order valence-electron chi connectivity index (χ0n) is 27.7. The third-order valence-electron chi connectivity index (χ3n) is 6.38. The number of esters is 2. The van der Waals surface area contributed by atoms with Gasteiger partial charge in [0.15, 0.2) is 23.0 Å². The summed E-state index contributed by atoms with van der Waals surface area (Å²) in [5, 5.41) is 0. The topological polar surface area (TPSA) is 98.8 Å². The van der Waals surface area contributed by atoms with Crippen LogP contribution in [-0.2, 0) is 15.0 Å². The number of ether oxygens (including phenoxy) is 7. The molecule has 0 saturated carbocycles. The fourth-order valence-electron chi connectivity index (χ4n) is 4.49. The average Bonchev–Trinajstić information content (AvgIpc) is 2.98. The Kier molecular flexibility index (Phi) is 14.6. The summed E-state index contributed by atoms with van der Waals surface area (Å²) in [4.78, 5) is 25.0. The minimum absolute atomic E-state index is 0.139. The lowest BCUT2D eigenvalue weighted by molar-refractivity contribution is -0.130. The molecule has 0 aliphatic rings. The molecule has 0 amide bonds. The Balaban J connectivity index is 2.98. The van der Waals surface area contributed by atoms with Gasteiger partial charge in [0.05, 0.1) is 33.0 Å². The molecule has 2 aromatic rings. The maximum Gasteiger partial charge on any atom is 0.336 e. The molecule has 9 heteroatoms. The van der Waals surface area contributed by atoms with Crippen molar-refractivity contribution in [2.45, 2.75) is 80.6 Å². The van der Waals surface area contributed by atoms with Crippen LogP contribution in [0.1, 0.15) is 86.3 Å². The number of benzene rings is 2. The van der Waals surface area contributed by atoms with Crippen LogP contribution in [-0.4, -0.2) is 45.0 Å². The minimum Gasteiger partial charge on any atom is -0.490 e. The lowest BCUT2D eigenvalue weighted by Gasteiger charge is -2.32. The Hall–Kier alpha value is -4.14. The largest absolute Gasteiger partial charge is 0.490 e. The molecule has 44 heavy (non-hydrogen) atoms. The average molecular weight is 613 g/mol. The van der Waals surface area contributed by atoms with Crippen molar-refractivity contribution in [1.29, 1.82) is 0 Å². The van der Waals surface area contributed by atoms with E-state index >= 15 is 0 Å². The molecule has 9 nitrogen and oxygen atoms in total. The Bertz CT molecular complexity index is 1310. The molecule has 0 aliphatic heterocycles. The second-order valence-corrected chi connectivity index (χ2v) is 10.1. The molecule has 0 atom stereocenters. The van der Waals surface area contributed by atoms with Crippen LogP contribution in [0.25, 0.3) is 0 Å². The van der Waals surface area contributed by atoms with Gasteiger partial charge in [0.1, 0.15) is 0 Å². The second-order valence-electron chi connectivity index (χ2n) is 10.1. The zero-order chi connectivity index (χ0) is 32.7. The van der Waals surface area contributed by atoms with Crippen molar-refractivity contribution < 1.29 is 42.7 Å². The van der Waals surface area contributed by atoms with Gasteiger partial charge in [0.25, 0.3) is 0 Å². The van der Waals surface area contributed by atoms with E-state index in [1.54, 1.807) is 32.1 Å². The van der Waals surface area contributed by atoms with Crippen LogP contribution in [0.3, 0.4) is 0 Å². The maximum atomic E-state index is 12.6. The van der Waals surface area contributed by atoms with E-state index in [0.717, 1.165) is 18.4 Å². The van der Waals surface area contributed by atoms with Crippen LogP contribution >= 0.6 is 0 Å². The van der Waals surface area contributed by atoms with E-state index < -0.39 is 17.4 Å². The molecular formula is C35H48O9. The van der Waals surface area contributed by atoms with Gasteiger partial charge in [-0.25, -0.2) is 9.59 Å². The standard InChI is InChI=1S/C35H48O9/c1-10-17-28(36)43-26-20-19-24(30(41-21-12-3)32(26)42-22-13-4)35(8,9)25-23-27(38-14-5)33(44-29(37)18-11-2)34(40-16-7)31(25)39-15-6/h10-11,17-20,23H,12-16,21-22H2,1-9H3. The summed E-state index contributed by atoms with van der Waals surface area (Å²) in [6.45, 7) is 18.8. The van der Waals surface area contributed by atoms with Crippen molar-refractivity contribution in [2.24, 2.45) is 0 Å². The van der Waals surface area contributed by atoms with Crippen LogP contribution in [0.2, 0.25) is 0 Å². The van der Waals surface area contributed by atoms with Crippen LogP contribution in [0.15, 0.2) is 42.5 Å². The summed E-state index contributed by atoms with van der Waals surface area (Å²) >= 11 is 0. The van der Waals surface area contributed by atoms with Gasteiger partial charge in [-0.1, -0.05) is 45.9 Å². The summed E-state index contributed by atoms with van der Waals surface area (Å²) in [5.74, 6) is 1.10. The van der Waals surface area contributed by atoms with Gasteiger partial charge in [-0.15, -0.1) is 0 Å². The Morgan fingerprint density at radius 3 is 1.68 bits per heavy atom. The van der Waals surface area contributed by atoms with Crippen molar-refractivity contribution >= 4 is 11.9 Å². The highest BCUT2D eigenvalue weighted by Crippen LogP contribution is 2.54. The van der Waals surface area contributed by atoms with Crippen molar-refractivity contribution in [3.8, 4) is 40.2 Å². The van der Waals surface area contributed by atoms with Crippen molar-refractivity contribution in [1.82, 2.24) is 0 Å². The van der Waals surface area contributed by atoms with Gasteiger partial charge in [-0.05, 0) is 59.6 Å². The normalized spacial score (nSPS) is 11.5. The molecule has 2 aromatic carbocycles. The highest BCUT2D eigenvalue weighted by Gasteiger charge is 2.37. The molecule has 0 aromatic heterocycles. The SMILES string of the molecule is CC=CC(=O)Oc1ccc(C(C)(C)c2cc(OCC)c(OC(=O)C=CC)c(OCC)c2OCC)c(OCCC)c1OCCC. The van der Waals surface area contributed by atoms with Crippen LogP contribution < -0.4 is 33.2 Å². The predicted molar refractivity (Wildman–Crippen MR) is 171 cm³/mol. The lowest BCUT2D eigenvalue weighted by atomic mass is 9.76. The molecule has 0 saturated heterocycles. The smallest absolute Gasteiger partial charge is 0.336 e. The summed E-state index contributed by atoms with van der Waals surface area (Å²) in [6, 6.07) is 5.38. The van der Waals surface area contributed by atoms with E-state index in [1.165, 1.54) is 12.2 Å². The first-order valence-corrected chi connectivity index (χ1v) is 15.4. The van der Waals surface area contributed by atoms with Gasteiger partial charge in [0.2, 0.25) is 17.2 Å². The first kappa shape index (κ1) is 36.1. The minimum atomic E-state index is -0.812. The van der Waals surface area contributed by atoms with Crippen molar-refractivity contribution in [2.75, 3.05) is 33.0 Å². The van der Waals surface area contributed by atoms with Crippen LogP contribution in [0.4, 0.5) is 0 Å². The summed E-state index contributed by atoms with van der Waals surface area (Å²) in [6.07, 6.45) is 7.36. The molecule has 2 rings (SSSR count). The van der Waals surface area contributed by atoms with E-state index in [0.29, 0.717) is 55.0 Å². The summed E-state index contributed by atoms with van der Waals surface area (Å²) < 4.78 is 42.3. The number of hydrogen-bond acceptors (Lipinski definition) is 9. The first-order chi connectivity index (χ1) is 21.1. The quantitative estimate of drug-likeness (QED) is 0.0950. The molecule has 0 bridgehead atoms. The lowest BCUT2D eigenvalue weighted by Crippen LogP contribution is -2.23. The third-order valence-corrected chi connectivity index (χ3v) is 6.38. The highest BCUT2D eigenvalue weighted by molar-refractivity contribution is 5.86. The molecule has 242 valence electrons. The number of carbonyl (C=O) groups excluding carboxylic acids is 2. The van der Waals surface area contributed by atoms with E-state index in [2.05, 4.69) is 0 Å². The zero-order valence-corrected chi connectivity index (χ0v) is 27.7. The molecular weight excluding hydrogens is 564 g/mol. The number of allylic oxidation sites excluding steroid dienone is 2. The van der Waals surface area contributed by atoms with Crippen molar-refractivity contribution in [3.05, 3.63) is 53.6 Å². The molecule has 0 aliphatic carbocycles. The molecule has 0 fully saturated rings. The second kappa shape index (κ2) is 17.9. The third kappa shape index (κ3) is 8.94. The van der Waals surface area contributed by atoms with Crippen molar-refractivity contribution in [3.63, 3.8) is 0 Å². The van der Waals surface area contributed by atoms with E-state index in [-0.39, 0.29) is 23.9 Å². The van der Waals surface area contributed by atoms with Gasteiger partial charge in [0, 0.05) is 28.7 Å². The van der Waals surface area contributed by atoms with Crippen LogP contribution in [0.5, 0.6) is 40.2 Å². The molecule has 0 unspecified atom stereocenters. The first-order valence-electron chi connectivity index (χ1n) is 15.4. The van der Waals surface area contributed by atoms with E-state index in [1.807, 2.05) is 60.6 Å². The Labute approximate surface area is 262 Å².